The predicted octanol–water partition coefficient (Wildman–Crippen LogP) is 0.233. The summed E-state index contributed by atoms with van der Waals surface area (Å²) < 4.78 is 4.86. The third-order valence-corrected chi connectivity index (χ3v) is 2.93. The molecule has 0 amide bonds. The molecular weight excluding hydrogens is 180 g/mol. The van der Waals surface area contributed by atoms with Crippen molar-refractivity contribution in [2.24, 2.45) is 0 Å². The van der Waals surface area contributed by atoms with E-state index >= 15 is 0 Å². The molecule has 0 saturated carbocycles. The Morgan fingerprint density at radius 2 is 2.07 bits per heavy atom. The molecule has 0 bridgehead atoms. The summed E-state index contributed by atoms with van der Waals surface area (Å²) in [5.74, 6) is -0.118. The van der Waals surface area contributed by atoms with Crippen molar-refractivity contribution in [3.63, 3.8) is 0 Å². The number of carbonyl (C=O) groups is 1. The van der Waals surface area contributed by atoms with Gasteiger partial charge in [-0.2, -0.15) is 0 Å². The van der Waals surface area contributed by atoms with E-state index in [-0.39, 0.29) is 5.97 Å². The van der Waals surface area contributed by atoms with E-state index in [0.29, 0.717) is 0 Å². The minimum Gasteiger partial charge on any atom is -0.468 e. The highest BCUT2D eigenvalue weighted by molar-refractivity contribution is 5.81. The lowest BCUT2D eigenvalue weighted by atomic mass is 9.87. The molecule has 0 unspecified atom stereocenters. The average Bonchev–Trinajstić information content (AvgIpc) is 2.21. The van der Waals surface area contributed by atoms with E-state index in [2.05, 4.69) is 17.3 Å². The summed E-state index contributed by atoms with van der Waals surface area (Å²) in [5.41, 5.74) is -0.435. The predicted molar refractivity (Wildman–Crippen MR) is 55.2 cm³/mol. The molecule has 82 valence electrons. The quantitative estimate of drug-likeness (QED) is 0.662. The Morgan fingerprint density at radius 3 is 2.50 bits per heavy atom. The first-order chi connectivity index (χ1) is 6.64. The van der Waals surface area contributed by atoms with Crippen LogP contribution in [0.15, 0.2) is 0 Å². The van der Waals surface area contributed by atoms with Crippen molar-refractivity contribution in [2.75, 3.05) is 33.8 Å². The number of nitrogens with zero attached hydrogens (tertiary/aromatic N) is 1. The number of esters is 1. The van der Waals surface area contributed by atoms with Crippen molar-refractivity contribution in [2.45, 2.75) is 25.3 Å². The number of methoxy groups -OCH3 is 1. The maximum atomic E-state index is 11.7. The first-order valence-corrected chi connectivity index (χ1v) is 5.16. The summed E-state index contributed by atoms with van der Waals surface area (Å²) in [4.78, 5) is 13.9. The van der Waals surface area contributed by atoms with Gasteiger partial charge < -0.3 is 15.0 Å². The van der Waals surface area contributed by atoms with Crippen molar-refractivity contribution in [3.05, 3.63) is 0 Å². The first-order valence-electron chi connectivity index (χ1n) is 5.16. The second kappa shape index (κ2) is 4.75. The number of carbonyl (C=O) groups excluding carboxylic acids is 1. The fourth-order valence-corrected chi connectivity index (χ4v) is 1.99. The second-order valence-corrected chi connectivity index (χ2v) is 3.91. The number of piperidine rings is 1. The second-order valence-electron chi connectivity index (χ2n) is 3.91. The van der Waals surface area contributed by atoms with Gasteiger partial charge in [-0.05, 0) is 26.4 Å². The lowest BCUT2D eigenvalue weighted by molar-refractivity contribution is -0.150. The topological polar surface area (TPSA) is 41.6 Å². The standard InChI is InChI=1S/C10H20N2O2/c1-4-11-10(9(13)14-3)5-7-12(2)8-6-10/h11H,4-8H2,1-3H3. The molecule has 1 heterocycles. The molecule has 14 heavy (non-hydrogen) atoms. The third-order valence-electron chi connectivity index (χ3n) is 2.93. The van der Waals surface area contributed by atoms with Crippen LogP contribution >= 0.6 is 0 Å². The number of rotatable bonds is 3. The maximum Gasteiger partial charge on any atom is 0.326 e. The van der Waals surface area contributed by atoms with Gasteiger partial charge in [0.15, 0.2) is 0 Å². The number of hydrogen-bond donors (Lipinski definition) is 1. The van der Waals surface area contributed by atoms with Crippen LogP contribution in [0.3, 0.4) is 0 Å². The Morgan fingerprint density at radius 1 is 1.50 bits per heavy atom. The number of ether oxygens (including phenoxy) is 1. The van der Waals surface area contributed by atoms with Crippen LogP contribution in [0.5, 0.6) is 0 Å². The van der Waals surface area contributed by atoms with Crippen LogP contribution in [0.4, 0.5) is 0 Å². The van der Waals surface area contributed by atoms with E-state index in [0.717, 1.165) is 32.5 Å². The first kappa shape index (κ1) is 11.5. The zero-order valence-electron chi connectivity index (χ0n) is 9.30. The Hall–Kier alpha value is -0.610. The molecule has 0 radical (unpaired) electrons. The fraction of sp³-hybridized carbons (Fsp3) is 0.900. The maximum absolute atomic E-state index is 11.7. The molecule has 4 heteroatoms. The van der Waals surface area contributed by atoms with Gasteiger partial charge in [0.05, 0.1) is 7.11 Å². The van der Waals surface area contributed by atoms with E-state index in [1.54, 1.807) is 0 Å². The molecule has 0 aliphatic carbocycles. The van der Waals surface area contributed by atoms with Crippen LogP contribution in [0.1, 0.15) is 19.8 Å². The number of likely N-dealkylation sites (N-methyl/N-ethyl adjacent to an activating group) is 1. The van der Waals surface area contributed by atoms with Gasteiger partial charge in [0.2, 0.25) is 0 Å². The zero-order valence-corrected chi connectivity index (χ0v) is 9.30. The minimum absolute atomic E-state index is 0.118. The number of nitrogens with one attached hydrogen (secondary N) is 1. The lowest BCUT2D eigenvalue weighted by Crippen LogP contribution is -2.58. The van der Waals surface area contributed by atoms with Gasteiger partial charge in [-0.25, -0.2) is 0 Å². The van der Waals surface area contributed by atoms with Crippen molar-refractivity contribution < 1.29 is 9.53 Å². The molecule has 0 spiro atoms. The summed E-state index contributed by atoms with van der Waals surface area (Å²) in [7, 11) is 3.53. The monoisotopic (exact) mass is 200 g/mol. The van der Waals surface area contributed by atoms with Gasteiger partial charge in [0, 0.05) is 13.1 Å². The van der Waals surface area contributed by atoms with E-state index in [9.17, 15) is 4.79 Å². The fourth-order valence-electron chi connectivity index (χ4n) is 1.99. The molecule has 0 aromatic carbocycles. The van der Waals surface area contributed by atoms with E-state index in [1.165, 1.54) is 7.11 Å². The van der Waals surface area contributed by atoms with Crippen LogP contribution in [0, 0.1) is 0 Å². The zero-order chi connectivity index (χ0) is 10.6. The van der Waals surface area contributed by atoms with Crippen molar-refractivity contribution in [1.29, 1.82) is 0 Å². The average molecular weight is 200 g/mol. The van der Waals surface area contributed by atoms with Gasteiger partial charge in [-0.3, -0.25) is 4.79 Å². The summed E-state index contributed by atoms with van der Waals surface area (Å²) in [6.45, 7) is 4.71. The van der Waals surface area contributed by atoms with E-state index < -0.39 is 5.54 Å². The Kier molecular flexibility index (Phi) is 3.89. The van der Waals surface area contributed by atoms with Gasteiger partial charge in [-0.1, -0.05) is 6.92 Å². The molecule has 0 aromatic heterocycles. The molecule has 0 aromatic rings. The summed E-state index contributed by atoms with van der Waals surface area (Å²) in [5, 5.41) is 3.27. The third kappa shape index (κ3) is 2.25. The van der Waals surface area contributed by atoms with Crippen LogP contribution < -0.4 is 5.32 Å². The largest absolute Gasteiger partial charge is 0.468 e. The van der Waals surface area contributed by atoms with Crippen molar-refractivity contribution >= 4 is 5.97 Å². The smallest absolute Gasteiger partial charge is 0.326 e. The Bertz CT molecular complexity index is 198. The molecule has 4 nitrogen and oxygen atoms in total. The van der Waals surface area contributed by atoms with Crippen LogP contribution in [-0.2, 0) is 9.53 Å². The molecule has 1 aliphatic heterocycles. The van der Waals surface area contributed by atoms with Crippen LogP contribution in [0.2, 0.25) is 0 Å². The number of likely N-dealkylation sites (tertiary alicyclic amines) is 1. The van der Waals surface area contributed by atoms with Gasteiger partial charge >= 0.3 is 5.97 Å². The normalized spacial score (nSPS) is 21.9. The summed E-state index contributed by atoms with van der Waals surface area (Å²) >= 11 is 0. The summed E-state index contributed by atoms with van der Waals surface area (Å²) in [6.07, 6.45) is 1.67. The van der Waals surface area contributed by atoms with Crippen LogP contribution in [-0.4, -0.2) is 50.2 Å². The lowest BCUT2D eigenvalue weighted by Gasteiger charge is -2.38. The highest BCUT2D eigenvalue weighted by atomic mass is 16.5. The minimum atomic E-state index is -0.435. The molecule has 1 N–H and O–H groups in total. The van der Waals surface area contributed by atoms with E-state index in [1.807, 2.05) is 6.92 Å². The summed E-state index contributed by atoms with van der Waals surface area (Å²) in [6, 6.07) is 0. The molecule has 1 aliphatic rings. The van der Waals surface area contributed by atoms with Crippen molar-refractivity contribution in [3.8, 4) is 0 Å². The SMILES string of the molecule is CCNC1(C(=O)OC)CCN(C)CC1. The van der Waals surface area contributed by atoms with Gasteiger partial charge in [0.25, 0.3) is 0 Å². The Balaban J connectivity index is 2.67. The molecule has 0 atom stereocenters. The van der Waals surface area contributed by atoms with Crippen molar-refractivity contribution in [1.82, 2.24) is 10.2 Å². The van der Waals surface area contributed by atoms with Gasteiger partial charge in [0.1, 0.15) is 5.54 Å². The molecule has 1 saturated heterocycles. The van der Waals surface area contributed by atoms with E-state index in [4.69, 9.17) is 4.74 Å². The Labute approximate surface area is 85.6 Å². The van der Waals surface area contributed by atoms with Crippen LogP contribution in [0.25, 0.3) is 0 Å². The molecule has 1 rings (SSSR count). The number of hydrogen-bond acceptors (Lipinski definition) is 4. The highest BCUT2D eigenvalue weighted by Gasteiger charge is 2.40. The molecular formula is C10H20N2O2. The van der Waals surface area contributed by atoms with Gasteiger partial charge in [-0.15, -0.1) is 0 Å². The molecule has 1 fully saturated rings. The highest BCUT2D eigenvalue weighted by Crippen LogP contribution is 2.22.